The molecule has 0 radical (unpaired) electrons. The molecular formula is C22H24N2O6. The number of aromatic hydroxyl groups is 1. The summed E-state index contributed by atoms with van der Waals surface area (Å²) in [6.45, 7) is -0.238. The number of methoxy groups -OCH3 is 1. The molecule has 3 rings (SSSR count). The van der Waals surface area contributed by atoms with Gasteiger partial charge in [0.25, 0.3) is 0 Å². The molecule has 2 aromatic carbocycles. The molecule has 1 heterocycles. The molecule has 2 N–H and O–H groups in total. The Hall–Kier alpha value is -3.55. The van der Waals surface area contributed by atoms with Crippen LogP contribution in [-0.4, -0.2) is 47.7 Å². The Labute approximate surface area is 174 Å². The van der Waals surface area contributed by atoms with E-state index in [1.54, 1.807) is 18.2 Å². The van der Waals surface area contributed by atoms with E-state index in [1.807, 2.05) is 30.3 Å². The highest BCUT2D eigenvalue weighted by atomic mass is 16.5. The van der Waals surface area contributed by atoms with Crippen molar-refractivity contribution in [3.8, 4) is 5.75 Å². The summed E-state index contributed by atoms with van der Waals surface area (Å²) in [5, 5.41) is 12.2. The van der Waals surface area contributed by atoms with Crippen molar-refractivity contribution in [3.05, 3.63) is 65.7 Å². The van der Waals surface area contributed by atoms with Crippen LogP contribution in [0.25, 0.3) is 0 Å². The second kappa shape index (κ2) is 9.78. The van der Waals surface area contributed by atoms with Gasteiger partial charge in [0.1, 0.15) is 24.9 Å². The molecule has 8 heteroatoms. The Morgan fingerprint density at radius 3 is 2.57 bits per heavy atom. The second-order valence-corrected chi connectivity index (χ2v) is 6.94. The van der Waals surface area contributed by atoms with Gasteiger partial charge in [-0.05, 0) is 36.1 Å². The Bertz CT molecular complexity index is 902. The molecule has 0 bridgehead atoms. The molecule has 0 aromatic heterocycles. The maximum Gasteiger partial charge on any atom is 0.407 e. The molecule has 158 valence electrons. The number of likely N-dealkylation sites (tertiary alicyclic amines) is 1. The van der Waals surface area contributed by atoms with Crippen LogP contribution in [0.4, 0.5) is 4.79 Å². The van der Waals surface area contributed by atoms with E-state index in [0.29, 0.717) is 18.4 Å². The predicted octanol–water partition coefficient (Wildman–Crippen LogP) is 2.52. The third-order valence-corrected chi connectivity index (χ3v) is 5.00. The van der Waals surface area contributed by atoms with Gasteiger partial charge in [-0.15, -0.1) is 0 Å². The van der Waals surface area contributed by atoms with Crippen molar-refractivity contribution in [1.29, 1.82) is 0 Å². The number of rotatable bonds is 6. The molecule has 1 fully saturated rings. The van der Waals surface area contributed by atoms with Gasteiger partial charge in [-0.3, -0.25) is 4.79 Å². The van der Waals surface area contributed by atoms with E-state index in [9.17, 15) is 19.5 Å². The van der Waals surface area contributed by atoms with Crippen molar-refractivity contribution >= 4 is 18.0 Å². The minimum atomic E-state index is -0.753. The number of hydrogen-bond acceptors (Lipinski definition) is 6. The van der Waals surface area contributed by atoms with Crippen molar-refractivity contribution < 1.29 is 29.0 Å². The molecule has 30 heavy (non-hydrogen) atoms. The van der Waals surface area contributed by atoms with Gasteiger partial charge in [0.2, 0.25) is 5.91 Å². The smallest absolute Gasteiger partial charge is 0.407 e. The molecule has 8 nitrogen and oxygen atoms in total. The maximum absolute atomic E-state index is 12.9. The topological polar surface area (TPSA) is 105 Å². The van der Waals surface area contributed by atoms with Gasteiger partial charge in [0.15, 0.2) is 0 Å². The normalized spacial score (nSPS) is 18.0. The van der Waals surface area contributed by atoms with Crippen molar-refractivity contribution in [2.24, 2.45) is 0 Å². The lowest BCUT2D eigenvalue weighted by atomic mass is 10.0. The number of carbonyl (C=O) groups is 3. The largest absolute Gasteiger partial charge is 0.508 e. The van der Waals surface area contributed by atoms with Crippen molar-refractivity contribution in [1.82, 2.24) is 10.2 Å². The molecule has 2 atom stereocenters. The highest BCUT2D eigenvalue weighted by molar-refractivity contribution is 5.88. The Morgan fingerprint density at radius 1 is 1.10 bits per heavy atom. The molecule has 0 spiro atoms. The third-order valence-electron chi connectivity index (χ3n) is 5.00. The number of alkyl carbamates (subject to hydrolysis) is 1. The van der Waals surface area contributed by atoms with E-state index in [-0.39, 0.29) is 18.9 Å². The van der Waals surface area contributed by atoms with E-state index in [2.05, 4.69) is 5.32 Å². The standard InChI is InChI=1S/C22H24N2O6/c1-29-21(27)19-11-10-18(16-8-5-9-17(25)12-16)24(19)20(26)13-23-22(28)30-14-15-6-3-2-4-7-15/h2-9,12,18-19,25H,10-11,13-14H2,1H3,(H,23,28)/t18-,19+/m1/s1. The van der Waals surface area contributed by atoms with Crippen LogP contribution in [0, 0.1) is 0 Å². The molecule has 1 saturated heterocycles. The average molecular weight is 412 g/mol. The highest BCUT2D eigenvalue weighted by Crippen LogP contribution is 2.37. The summed E-state index contributed by atoms with van der Waals surface area (Å²) < 4.78 is 9.96. The van der Waals surface area contributed by atoms with Crippen LogP contribution < -0.4 is 5.32 Å². The fraction of sp³-hybridized carbons (Fsp3) is 0.318. The van der Waals surface area contributed by atoms with Crippen LogP contribution in [0.5, 0.6) is 5.75 Å². The summed E-state index contributed by atoms with van der Waals surface area (Å²) in [5.41, 5.74) is 1.54. The first-order valence-electron chi connectivity index (χ1n) is 9.62. The molecular weight excluding hydrogens is 388 g/mol. The number of amides is 2. The van der Waals surface area contributed by atoms with Gasteiger partial charge >= 0.3 is 12.1 Å². The average Bonchev–Trinajstić information content (AvgIpc) is 3.21. The number of nitrogens with zero attached hydrogens (tertiary/aromatic N) is 1. The molecule has 0 saturated carbocycles. The molecule has 0 aliphatic carbocycles. The fourth-order valence-electron chi connectivity index (χ4n) is 3.60. The zero-order chi connectivity index (χ0) is 21.5. The number of phenols is 1. The quantitative estimate of drug-likeness (QED) is 0.707. The number of benzene rings is 2. The zero-order valence-corrected chi connectivity index (χ0v) is 16.6. The van der Waals surface area contributed by atoms with Crippen LogP contribution in [0.3, 0.4) is 0 Å². The summed E-state index contributed by atoms with van der Waals surface area (Å²) in [5.74, 6) is -0.880. The van der Waals surface area contributed by atoms with E-state index in [0.717, 1.165) is 5.56 Å². The predicted molar refractivity (Wildman–Crippen MR) is 107 cm³/mol. The maximum atomic E-state index is 12.9. The van der Waals surface area contributed by atoms with Crippen molar-refractivity contribution in [2.75, 3.05) is 13.7 Å². The first kappa shape index (κ1) is 21.2. The lowest BCUT2D eigenvalue weighted by Crippen LogP contribution is -2.46. The summed E-state index contributed by atoms with van der Waals surface area (Å²) in [6.07, 6.45) is 0.236. The van der Waals surface area contributed by atoms with Crippen LogP contribution in [0.15, 0.2) is 54.6 Å². The van der Waals surface area contributed by atoms with Gasteiger partial charge in [-0.2, -0.15) is 0 Å². The summed E-state index contributed by atoms with van der Waals surface area (Å²) in [6, 6.07) is 14.6. The Kier molecular flexibility index (Phi) is 6.90. The van der Waals surface area contributed by atoms with Crippen LogP contribution in [0.2, 0.25) is 0 Å². The molecule has 1 aliphatic heterocycles. The fourth-order valence-corrected chi connectivity index (χ4v) is 3.60. The van der Waals surface area contributed by atoms with Crippen LogP contribution in [0.1, 0.15) is 30.0 Å². The van der Waals surface area contributed by atoms with Gasteiger partial charge in [-0.25, -0.2) is 9.59 Å². The lowest BCUT2D eigenvalue weighted by Gasteiger charge is -2.29. The van der Waals surface area contributed by atoms with Gasteiger partial charge in [-0.1, -0.05) is 42.5 Å². The highest BCUT2D eigenvalue weighted by Gasteiger charge is 2.42. The third kappa shape index (κ3) is 5.08. The minimum Gasteiger partial charge on any atom is -0.508 e. The van der Waals surface area contributed by atoms with Crippen molar-refractivity contribution in [3.63, 3.8) is 0 Å². The van der Waals surface area contributed by atoms with Gasteiger partial charge < -0.3 is 24.8 Å². The summed E-state index contributed by atoms with van der Waals surface area (Å²) in [7, 11) is 1.27. The molecule has 2 aromatic rings. The van der Waals surface area contributed by atoms with Crippen LogP contribution in [-0.2, 0) is 25.7 Å². The summed E-state index contributed by atoms with van der Waals surface area (Å²) in [4.78, 5) is 38.5. The van der Waals surface area contributed by atoms with Crippen molar-refractivity contribution in [2.45, 2.75) is 31.5 Å². The molecule has 1 aliphatic rings. The number of esters is 1. The first-order valence-corrected chi connectivity index (χ1v) is 9.62. The van der Waals surface area contributed by atoms with E-state index >= 15 is 0 Å². The zero-order valence-electron chi connectivity index (χ0n) is 16.6. The first-order chi connectivity index (χ1) is 14.5. The number of ether oxygens (including phenoxy) is 2. The number of hydrogen-bond donors (Lipinski definition) is 2. The Balaban J connectivity index is 1.64. The van der Waals surface area contributed by atoms with E-state index < -0.39 is 30.1 Å². The number of phenolic OH excluding ortho intramolecular Hbond substituents is 1. The minimum absolute atomic E-state index is 0.0732. The van der Waals surface area contributed by atoms with E-state index in [1.165, 1.54) is 18.1 Å². The van der Waals surface area contributed by atoms with E-state index in [4.69, 9.17) is 9.47 Å². The molecule has 2 amide bonds. The lowest BCUT2D eigenvalue weighted by molar-refractivity contribution is -0.152. The Morgan fingerprint density at radius 2 is 1.87 bits per heavy atom. The van der Waals surface area contributed by atoms with Gasteiger partial charge in [0.05, 0.1) is 13.2 Å². The van der Waals surface area contributed by atoms with Crippen LogP contribution >= 0.6 is 0 Å². The monoisotopic (exact) mass is 412 g/mol. The second-order valence-electron chi connectivity index (χ2n) is 6.94. The number of carbonyl (C=O) groups excluding carboxylic acids is 3. The SMILES string of the molecule is COC(=O)[C@@H]1CC[C@H](c2cccc(O)c2)N1C(=O)CNC(=O)OCc1ccccc1. The number of nitrogens with one attached hydrogen (secondary N) is 1. The summed E-state index contributed by atoms with van der Waals surface area (Å²) >= 11 is 0. The van der Waals surface area contributed by atoms with Gasteiger partial charge in [0, 0.05) is 0 Å². The molecule has 0 unspecified atom stereocenters.